The number of hydrogen-bond donors (Lipinski definition) is 1. The van der Waals surface area contributed by atoms with Crippen molar-refractivity contribution in [1.82, 2.24) is 5.32 Å². The first kappa shape index (κ1) is 15.5. The smallest absolute Gasteiger partial charge is 0.310 e. The summed E-state index contributed by atoms with van der Waals surface area (Å²) in [6, 6.07) is 15.3. The van der Waals surface area contributed by atoms with Crippen molar-refractivity contribution in [1.29, 1.82) is 0 Å². The van der Waals surface area contributed by atoms with Gasteiger partial charge < -0.3 is 10.1 Å². The Morgan fingerprint density at radius 2 is 1.82 bits per heavy atom. The highest BCUT2D eigenvalue weighted by atomic mass is 16.6. The molecule has 2 aromatic rings. The summed E-state index contributed by atoms with van der Waals surface area (Å²) < 4.78 is 5.24. The van der Waals surface area contributed by atoms with E-state index in [1.54, 1.807) is 12.1 Å². The number of nitro groups is 1. The standard InChI is InChI=1S/C16H16N2O4/c1-12(13-7-3-2-4-8-13)17-16(19)11-22-15-10-6-5-9-14(15)18(20)21/h2-10,12H,11H2,1H3,(H,17,19)/t12-/m0/s1. The van der Waals surface area contributed by atoms with Gasteiger partial charge in [-0.2, -0.15) is 0 Å². The zero-order valence-electron chi connectivity index (χ0n) is 12.1. The Bertz CT molecular complexity index is 658. The molecule has 0 aliphatic heterocycles. The number of amides is 1. The van der Waals surface area contributed by atoms with Gasteiger partial charge in [0.05, 0.1) is 11.0 Å². The molecule has 0 saturated carbocycles. The summed E-state index contributed by atoms with van der Waals surface area (Å²) in [6.07, 6.45) is 0. The summed E-state index contributed by atoms with van der Waals surface area (Å²) in [5, 5.41) is 13.6. The first-order chi connectivity index (χ1) is 10.6. The number of ether oxygens (including phenoxy) is 1. The highest BCUT2D eigenvalue weighted by molar-refractivity contribution is 5.78. The maximum Gasteiger partial charge on any atom is 0.310 e. The third-order valence-electron chi connectivity index (χ3n) is 3.10. The molecule has 6 heteroatoms. The number of nitrogens with zero attached hydrogens (tertiary/aromatic N) is 1. The van der Waals surface area contributed by atoms with E-state index in [2.05, 4.69) is 5.32 Å². The topological polar surface area (TPSA) is 81.5 Å². The average molecular weight is 300 g/mol. The van der Waals surface area contributed by atoms with Gasteiger partial charge in [0.25, 0.3) is 5.91 Å². The van der Waals surface area contributed by atoms with Crippen LogP contribution < -0.4 is 10.1 Å². The first-order valence-electron chi connectivity index (χ1n) is 6.78. The number of carbonyl (C=O) groups excluding carboxylic acids is 1. The van der Waals surface area contributed by atoms with Gasteiger partial charge in [-0.1, -0.05) is 42.5 Å². The molecule has 1 amide bonds. The van der Waals surface area contributed by atoms with Crippen molar-refractivity contribution in [2.45, 2.75) is 13.0 Å². The molecular formula is C16H16N2O4. The van der Waals surface area contributed by atoms with Gasteiger partial charge in [-0.15, -0.1) is 0 Å². The highest BCUT2D eigenvalue weighted by Gasteiger charge is 2.15. The van der Waals surface area contributed by atoms with Gasteiger partial charge in [-0.3, -0.25) is 14.9 Å². The molecule has 0 aliphatic carbocycles. The Kier molecular flexibility index (Phi) is 5.08. The zero-order valence-corrected chi connectivity index (χ0v) is 12.1. The van der Waals surface area contributed by atoms with Gasteiger partial charge in [-0.25, -0.2) is 0 Å². The van der Waals surface area contributed by atoms with Crippen LogP contribution in [0.1, 0.15) is 18.5 Å². The zero-order chi connectivity index (χ0) is 15.9. The normalized spacial score (nSPS) is 11.5. The summed E-state index contributed by atoms with van der Waals surface area (Å²) in [5.74, 6) is -0.260. The van der Waals surface area contributed by atoms with Crippen LogP contribution in [0, 0.1) is 10.1 Å². The molecule has 0 radical (unpaired) electrons. The van der Waals surface area contributed by atoms with Gasteiger partial charge in [0, 0.05) is 6.07 Å². The number of hydrogen-bond acceptors (Lipinski definition) is 4. The highest BCUT2D eigenvalue weighted by Crippen LogP contribution is 2.25. The van der Waals surface area contributed by atoms with Crippen LogP contribution in [0.15, 0.2) is 54.6 Å². The number of nitro benzene ring substituents is 1. The lowest BCUT2D eigenvalue weighted by atomic mass is 10.1. The number of carbonyl (C=O) groups is 1. The monoisotopic (exact) mass is 300 g/mol. The van der Waals surface area contributed by atoms with Crippen LogP contribution in [-0.2, 0) is 4.79 Å². The van der Waals surface area contributed by atoms with E-state index in [0.29, 0.717) is 0 Å². The van der Waals surface area contributed by atoms with E-state index in [4.69, 9.17) is 4.74 Å². The molecular weight excluding hydrogens is 284 g/mol. The summed E-state index contributed by atoms with van der Waals surface area (Å²) in [5.41, 5.74) is 0.813. The van der Waals surface area contributed by atoms with Crippen LogP contribution in [0.3, 0.4) is 0 Å². The number of para-hydroxylation sites is 2. The van der Waals surface area contributed by atoms with Gasteiger partial charge in [0.2, 0.25) is 0 Å². The van der Waals surface area contributed by atoms with Crippen molar-refractivity contribution in [2.75, 3.05) is 6.61 Å². The van der Waals surface area contributed by atoms with Gasteiger partial charge in [0.15, 0.2) is 12.4 Å². The average Bonchev–Trinajstić information content (AvgIpc) is 2.54. The second kappa shape index (κ2) is 7.21. The van der Waals surface area contributed by atoms with Crippen LogP contribution in [0.2, 0.25) is 0 Å². The molecule has 2 rings (SSSR count). The Balaban J connectivity index is 1.92. The lowest BCUT2D eigenvalue weighted by molar-refractivity contribution is -0.385. The van der Waals surface area contributed by atoms with Crippen LogP contribution in [0.5, 0.6) is 5.75 Å². The molecule has 114 valence electrons. The first-order valence-corrected chi connectivity index (χ1v) is 6.78. The van der Waals surface area contributed by atoms with Crippen LogP contribution in [0.25, 0.3) is 0 Å². The third kappa shape index (κ3) is 4.05. The minimum absolute atomic E-state index is 0.0787. The number of rotatable bonds is 6. The molecule has 1 N–H and O–H groups in total. The van der Waals surface area contributed by atoms with Crippen molar-refractivity contribution in [3.63, 3.8) is 0 Å². The quantitative estimate of drug-likeness (QED) is 0.657. The molecule has 0 saturated heterocycles. The van der Waals surface area contributed by atoms with E-state index in [1.807, 2.05) is 37.3 Å². The molecule has 22 heavy (non-hydrogen) atoms. The predicted molar refractivity (Wildman–Crippen MR) is 81.6 cm³/mol. The van der Waals surface area contributed by atoms with Crippen molar-refractivity contribution >= 4 is 11.6 Å². The van der Waals surface area contributed by atoms with E-state index in [0.717, 1.165) is 5.56 Å². The van der Waals surface area contributed by atoms with Gasteiger partial charge >= 0.3 is 5.69 Å². The Morgan fingerprint density at radius 1 is 1.18 bits per heavy atom. The van der Waals surface area contributed by atoms with E-state index in [-0.39, 0.29) is 30.0 Å². The summed E-state index contributed by atoms with van der Waals surface area (Å²) in [4.78, 5) is 22.2. The van der Waals surface area contributed by atoms with Gasteiger partial charge in [-0.05, 0) is 18.6 Å². The van der Waals surface area contributed by atoms with Crippen molar-refractivity contribution < 1.29 is 14.5 Å². The molecule has 0 unspecified atom stereocenters. The molecule has 0 bridgehead atoms. The Hall–Kier alpha value is -2.89. The number of nitrogens with one attached hydrogen (secondary N) is 1. The lowest BCUT2D eigenvalue weighted by Gasteiger charge is -2.14. The summed E-state index contributed by atoms with van der Waals surface area (Å²) in [7, 11) is 0. The number of benzene rings is 2. The van der Waals surface area contributed by atoms with Crippen molar-refractivity contribution in [2.24, 2.45) is 0 Å². The lowest BCUT2D eigenvalue weighted by Crippen LogP contribution is -2.31. The Labute approximate surface area is 127 Å². The van der Waals surface area contributed by atoms with Gasteiger partial charge in [0.1, 0.15) is 0 Å². The fourth-order valence-corrected chi connectivity index (χ4v) is 1.98. The van der Waals surface area contributed by atoms with E-state index < -0.39 is 4.92 Å². The van der Waals surface area contributed by atoms with Crippen LogP contribution in [0.4, 0.5) is 5.69 Å². The molecule has 0 spiro atoms. The van der Waals surface area contributed by atoms with E-state index >= 15 is 0 Å². The summed E-state index contributed by atoms with van der Waals surface area (Å²) in [6.45, 7) is 1.58. The minimum Gasteiger partial charge on any atom is -0.477 e. The second-order valence-electron chi connectivity index (χ2n) is 4.71. The minimum atomic E-state index is -0.542. The second-order valence-corrected chi connectivity index (χ2v) is 4.71. The molecule has 1 atom stereocenters. The Morgan fingerprint density at radius 3 is 2.50 bits per heavy atom. The van der Waals surface area contributed by atoms with Crippen molar-refractivity contribution in [3.05, 3.63) is 70.3 Å². The SMILES string of the molecule is C[C@H](NC(=O)COc1ccccc1[N+](=O)[O-])c1ccccc1. The molecule has 0 aromatic heterocycles. The fourth-order valence-electron chi connectivity index (χ4n) is 1.98. The van der Waals surface area contributed by atoms with Crippen molar-refractivity contribution in [3.8, 4) is 5.75 Å². The largest absolute Gasteiger partial charge is 0.477 e. The maximum absolute atomic E-state index is 11.9. The predicted octanol–water partition coefficient (Wildman–Crippen LogP) is 2.85. The van der Waals surface area contributed by atoms with Crippen LogP contribution in [-0.4, -0.2) is 17.4 Å². The molecule has 6 nitrogen and oxygen atoms in total. The van der Waals surface area contributed by atoms with E-state index in [9.17, 15) is 14.9 Å². The molecule has 0 heterocycles. The molecule has 0 fully saturated rings. The molecule has 2 aromatic carbocycles. The summed E-state index contributed by atoms with van der Waals surface area (Å²) >= 11 is 0. The maximum atomic E-state index is 11.9. The van der Waals surface area contributed by atoms with E-state index in [1.165, 1.54) is 12.1 Å². The van der Waals surface area contributed by atoms with Crippen LogP contribution >= 0.6 is 0 Å². The fraction of sp³-hybridized carbons (Fsp3) is 0.188. The molecule has 0 aliphatic rings. The third-order valence-corrected chi connectivity index (χ3v) is 3.10.